The minimum absolute atomic E-state index is 0.517. The third-order valence-corrected chi connectivity index (χ3v) is 3.04. The lowest BCUT2D eigenvalue weighted by atomic mass is 10.2. The maximum atomic E-state index is 5.84. The lowest BCUT2D eigenvalue weighted by molar-refractivity contribution is 0.434. The summed E-state index contributed by atoms with van der Waals surface area (Å²) >= 11 is 0. The van der Waals surface area contributed by atoms with Gasteiger partial charge in [0.05, 0.1) is 0 Å². The van der Waals surface area contributed by atoms with Crippen molar-refractivity contribution < 1.29 is 9.47 Å². The predicted octanol–water partition coefficient (Wildman–Crippen LogP) is 4.28. The van der Waals surface area contributed by atoms with Crippen LogP contribution in [0, 0.1) is 24.0 Å². The second-order valence-electron chi connectivity index (χ2n) is 4.87. The SMILES string of the molecule is Nc1cccc(Oc2c#ccc(OC3=CCC#CCC=C3)c2)c1. The molecule has 1 aliphatic carbocycles. The molecule has 23 heavy (non-hydrogen) atoms. The number of ether oxygens (including phenoxy) is 2. The Morgan fingerprint density at radius 3 is 2.83 bits per heavy atom. The molecule has 0 fully saturated rings. The van der Waals surface area contributed by atoms with Gasteiger partial charge in [-0.3, -0.25) is 0 Å². The first-order valence-electron chi connectivity index (χ1n) is 7.27. The van der Waals surface area contributed by atoms with E-state index in [4.69, 9.17) is 15.2 Å². The minimum Gasteiger partial charge on any atom is -0.457 e. The van der Waals surface area contributed by atoms with Crippen LogP contribution in [-0.2, 0) is 0 Å². The van der Waals surface area contributed by atoms with Crippen molar-refractivity contribution in [1.82, 2.24) is 0 Å². The van der Waals surface area contributed by atoms with E-state index in [1.165, 1.54) is 0 Å². The fraction of sp³-hybridized carbons (Fsp3) is 0.100. The molecule has 3 heteroatoms. The number of nitrogens with two attached hydrogens (primary N) is 1. The first-order valence-corrected chi connectivity index (χ1v) is 7.27. The van der Waals surface area contributed by atoms with Crippen molar-refractivity contribution in [3.05, 3.63) is 72.5 Å². The van der Waals surface area contributed by atoms with Gasteiger partial charge in [-0.25, -0.2) is 0 Å². The Morgan fingerprint density at radius 1 is 1.00 bits per heavy atom. The maximum Gasteiger partial charge on any atom is 0.181 e. The topological polar surface area (TPSA) is 44.5 Å². The molecule has 0 atom stereocenters. The van der Waals surface area contributed by atoms with Crippen LogP contribution in [0.2, 0.25) is 0 Å². The van der Waals surface area contributed by atoms with Gasteiger partial charge < -0.3 is 15.2 Å². The molecule has 0 unspecified atom stereocenters. The molecule has 1 aliphatic rings. The highest BCUT2D eigenvalue weighted by Gasteiger charge is 2.02. The zero-order valence-corrected chi connectivity index (χ0v) is 12.5. The van der Waals surface area contributed by atoms with E-state index in [0.29, 0.717) is 29.4 Å². The lowest BCUT2D eigenvalue weighted by Crippen LogP contribution is -1.93. The van der Waals surface area contributed by atoms with Gasteiger partial charge in [-0.1, -0.05) is 30.0 Å². The van der Waals surface area contributed by atoms with Crippen molar-refractivity contribution in [2.75, 3.05) is 5.73 Å². The second kappa shape index (κ2) is 7.11. The summed E-state index contributed by atoms with van der Waals surface area (Å²) in [5, 5.41) is 0. The van der Waals surface area contributed by atoms with Gasteiger partial charge in [0.2, 0.25) is 0 Å². The third kappa shape index (κ3) is 4.33. The molecule has 3 rings (SSSR count). The first-order chi connectivity index (χ1) is 11.3. The van der Waals surface area contributed by atoms with Gasteiger partial charge in [-0.15, -0.1) is 0 Å². The van der Waals surface area contributed by atoms with Gasteiger partial charge in [0.25, 0.3) is 0 Å². The molecule has 112 valence electrons. The van der Waals surface area contributed by atoms with Gasteiger partial charge in [-0.2, -0.15) is 0 Å². The summed E-state index contributed by atoms with van der Waals surface area (Å²) in [6.07, 6.45) is 7.25. The van der Waals surface area contributed by atoms with Gasteiger partial charge in [0, 0.05) is 36.7 Å². The zero-order valence-electron chi connectivity index (χ0n) is 12.5. The van der Waals surface area contributed by atoms with Crippen LogP contribution in [0.4, 0.5) is 5.69 Å². The number of benzene rings is 1. The molecule has 0 radical (unpaired) electrons. The monoisotopic (exact) mass is 301 g/mol. The molecule has 0 spiro atoms. The Morgan fingerprint density at radius 2 is 1.91 bits per heavy atom. The summed E-state index contributed by atoms with van der Waals surface area (Å²) in [5.74, 6) is 8.63. The summed E-state index contributed by atoms with van der Waals surface area (Å²) in [6.45, 7) is 0. The molecule has 2 aromatic rings. The number of hydrogen-bond donors (Lipinski definition) is 1. The molecule has 2 aromatic carbocycles. The van der Waals surface area contributed by atoms with Gasteiger partial charge in [0.15, 0.2) is 5.75 Å². The molecule has 0 bridgehead atoms. The van der Waals surface area contributed by atoms with Crippen LogP contribution in [0.15, 0.2) is 60.4 Å². The van der Waals surface area contributed by atoms with Gasteiger partial charge in [0.1, 0.15) is 17.3 Å². The highest BCUT2D eigenvalue weighted by molar-refractivity contribution is 5.45. The Kier molecular flexibility index (Phi) is 4.52. The average molecular weight is 301 g/mol. The molecule has 2 N–H and O–H groups in total. The van der Waals surface area contributed by atoms with Crippen LogP contribution < -0.4 is 15.2 Å². The quantitative estimate of drug-likeness (QED) is 0.677. The number of hydrogen-bond acceptors (Lipinski definition) is 3. The molecule has 0 saturated heterocycles. The summed E-state index contributed by atoms with van der Waals surface area (Å²) < 4.78 is 11.6. The molecule has 0 amide bonds. The summed E-state index contributed by atoms with van der Waals surface area (Å²) in [7, 11) is 0. The standard InChI is InChI=1S/C20H15NO2/c21-16-8-6-11-18(14-16)23-20-13-7-12-19(15-20)22-17-9-4-2-1-3-5-10-17/h4,6,8-12,14-15H,2,5,21H2. The van der Waals surface area contributed by atoms with Crippen LogP contribution in [0.1, 0.15) is 12.8 Å². The van der Waals surface area contributed by atoms with E-state index in [1.807, 2.05) is 30.4 Å². The van der Waals surface area contributed by atoms with E-state index in [9.17, 15) is 0 Å². The Bertz CT molecular complexity index is 810. The molecular formula is C20H15NO2. The molecule has 0 heterocycles. The van der Waals surface area contributed by atoms with Crippen LogP contribution in [-0.4, -0.2) is 0 Å². The number of nitrogen functional groups attached to an aromatic ring is 1. The smallest absolute Gasteiger partial charge is 0.181 e. The maximum absolute atomic E-state index is 5.84. The van der Waals surface area contributed by atoms with Gasteiger partial charge >= 0.3 is 0 Å². The summed E-state index contributed by atoms with van der Waals surface area (Å²) in [4.78, 5) is 0. The minimum atomic E-state index is 0.517. The summed E-state index contributed by atoms with van der Waals surface area (Å²) in [6, 6.07) is 16.5. The number of anilines is 1. The molecule has 3 nitrogen and oxygen atoms in total. The van der Waals surface area contributed by atoms with Crippen LogP contribution >= 0.6 is 0 Å². The second-order valence-corrected chi connectivity index (χ2v) is 4.87. The Hall–Kier alpha value is -3.30. The number of rotatable bonds is 4. The summed E-state index contributed by atoms with van der Waals surface area (Å²) in [5.41, 5.74) is 6.39. The highest BCUT2D eigenvalue weighted by atomic mass is 16.5. The van der Waals surface area contributed by atoms with E-state index in [0.717, 1.165) is 12.2 Å². The van der Waals surface area contributed by atoms with E-state index in [-0.39, 0.29) is 0 Å². The van der Waals surface area contributed by atoms with Crippen molar-refractivity contribution in [2.45, 2.75) is 12.8 Å². The number of allylic oxidation sites excluding steroid dienone is 3. The normalized spacial score (nSPS) is 12.8. The lowest BCUT2D eigenvalue weighted by Gasteiger charge is -2.08. The van der Waals surface area contributed by atoms with Crippen LogP contribution in [0.25, 0.3) is 0 Å². The van der Waals surface area contributed by atoms with E-state index < -0.39 is 0 Å². The highest BCUT2D eigenvalue weighted by Crippen LogP contribution is 2.25. The molecular weight excluding hydrogens is 286 g/mol. The Labute approximate surface area is 136 Å². The van der Waals surface area contributed by atoms with Crippen molar-refractivity contribution in [1.29, 1.82) is 0 Å². The van der Waals surface area contributed by atoms with E-state index in [2.05, 4.69) is 24.0 Å². The van der Waals surface area contributed by atoms with Crippen molar-refractivity contribution in [2.24, 2.45) is 0 Å². The van der Waals surface area contributed by atoms with E-state index >= 15 is 0 Å². The first kappa shape index (κ1) is 14.6. The van der Waals surface area contributed by atoms with Crippen molar-refractivity contribution in [3.63, 3.8) is 0 Å². The predicted molar refractivity (Wildman–Crippen MR) is 89.9 cm³/mol. The van der Waals surface area contributed by atoms with Crippen molar-refractivity contribution >= 4 is 5.69 Å². The zero-order chi connectivity index (χ0) is 15.9. The van der Waals surface area contributed by atoms with Crippen LogP contribution in [0.5, 0.6) is 17.2 Å². The molecule has 0 aromatic heterocycles. The fourth-order valence-corrected chi connectivity index (χ4v) is 2.01. The largest absolute Gasteiger partial charge is 0.457 e. The third-order valence-electron chi connectivity index (χ3n) is 3.04. The molecule has 0 aliphatic heterocycles. The average Bonchev–Trinajstić information content (AvgIpc) is 2.50. The van der Waals surface area contributed by atoms with Crippen LogP contribution in [0.3, 0.4) is 0 Å². The van der Waals surface area contributed by atoms with Crippen molar-refractivity contribution in [3.8, 4) is 29.1 Å². The Balaban J connectivity index is 1.74. The fourth-order valence-electron chi connectivity index (χ4n) is 2.01. The van der Waals surface area contributed by atoms with Gasteiger partial charge in [-0.05, 0) is 30.4 Å². The molecule has 0 saturated carbocycles. The van der Waals surface area contributed by atoms with E-state index in [1.54, 1.807) is 24.3 Å².